The Morgan fingerprint density at radius 2 is 1.96 bits per heavy atom. The highest BCUT2D eigenvalue weighted by Crippen LogP contribution is 2.32. The Morgan fingerprint density at radius 3 is 2.73 bits per heavy atom. The maximum Gasteiger partial charge on any atom is 0.224 e. The molecule has 8 nitrogen and oxygen atoms in total. The fraction of sp³-hybridized carbons (Fsp3) is 0.111. The molecular weight excluding hydrogens is 332 g/mol. The number of benzene rings is 2. The maximum absolute atomic E-state index is 12.0. The molecular formula is C18H18N6O2. The van der Waals surface area contributed by atoms with Crippen molar-refractivity contribution in [3.63, 3.8) is 0 Å². The van der Waals surface area contributed by atoms with E-state index >= 15 is 0 Å². The molecule has 0 unspecified atom stereocenters. The minimum absolute atomic E-state index is 0.126. The first-order chi connectivity index (χ1) is 12.6. The van der Waals surface area contributed by atoms with Crippen molar-refractivity contribution in [2.45, 2.75) is 12.8 Å². The third-order valence-electron chi connectivity index (χ3n) is 3.85. The number of anilines is 3. The largest absolute Gasteiger partial charge is 0.368 e. The first kappa shape index (κ1) is 17.3. The van der Waals surface area contributed by atoms with Gasteiger partial charge >= 0.3 is 0 Å². The van der Waals surface area contributed by atoms with Crippen LogP contribution in [-0.2, 0) is 9.59 Å². The number of nitrogen functional groups attached to an aromatic ring is 2. The number of carbonyl (C=O) groups excluding carboxylic acids is 2. The van der Waals surface area contributed by atoms with E-state index in [1.165, 1.54) is 0 Å². The van der Waals surface area contributed by atoms with Gasteiger partial charge in [-0.25, -0.2) is 10.8 Å². The van der Waals surface area contributed by atoms with Crippen LogP contribution in [0.4, 0.5) is 17.5 Å². The summed E-state index contributed by atoms with van der Waals surface area (Å²) in [5, 5.41) is 3.55. The molecule has 1 heterocycles. The fourth-order valence-corrected chi connectivity index (χ4v) is 2.67. The number of amides is 1. The van der Waals surface area contributed by atoms with Crippen molar-refractivity contribution in [2.75, 3.05) is 16.5 Å². The van der Waals surface area contributed by atoms with E-state index in [9.17, 15) is 9.59 Å². The van der Waals surface area contributed by atoms with E-state index in [0.717, 1.165) is 17.4 Å². The Morgan fingerprint density at radius 1 is 1.15 bits per heavy atom. The molecule has 0 bridgehead atoms. The third kappa shape index (κ3) is 3.60. The minimum Gasteiger partial charge on any atom is -0.368 e. The van der Waals surface area contributed by atoms with Gasteiger partial charge in [-0.3, -0.25) is 4.79 Å². The van der Waals surface area contributed by atoms with Crippen LogP contribution in [0.15, 0.2) is 42.5 Å². The van der Waals surface area contributed by atoms with Crippen LogP contribution in [0.3, 0.4) is 0 Å². The molecule has 1 aromatic heterocycles. The van der Waals surface area contributed by atoms with Crippen LogP contribution >= 0.6 is 0 Å². The number of hydrazine groups is 1. The molecule has 0 spiro atoms. The molecule has 0 fully saturated rings. The van der Waals surface area contributed by atoms with Crippen LogP contribution < -0.4 is 22.3 Å². The van der Waals surface area contributed by atoms with E-state index in [2.05, 4.69) is 20.7 Å². The summed E-state index contributed by atoms with van der Waals surface area (Å²) in [7, 11) is 0. The summed E-state index contributed by atoms with van der Waals surface area (Å²) in [4.78, 5) is 30.7. The molecule has 0 saturated carbocycles. The quantitative estimate of drug-likeness (QED) is 0.303. The molecule has 1 amide bonds. The van der Waals surface area contributed by atoms with Gasteiger partial charge < -0.3 is 21.3 Å². The van der Waals surface area contributed by atoms with Gasteiger partial charge in [0, 0.05) is 29.5 Å². The van der Waals surface area contributed by atoms with Crippen LogP contribution in [0.2, 0.25) is 0 Å². The highest BCUT2D eigenvalue weighted by atomic mass is 16.1. The standard InChI is InChI=1S/C18H18N6O2/c19-18-22-15-8-7-11(10-13(15)17(23-18)24-20)12-4-1-2-5-14(12)21-16(26)6-3-9-25/h1-2,4-5,7-10H,3,6,20H2,(H,21,26)(H3,19,22,23,24). The topological polar surface area (TPSA) is 136 Å². The number of aromatic nitrogens is 2. The first-order valence-corrected chi connectivity index (χ1v) is 7.99. The average Bonchev–Trinajstić information content (AvgIpc) is 2.65. The third-order valence-corrected chi connectivity index (χ3v) is 3.85. The van der Waals surface area contributed by atoms with Crippen LogP contribution in [-0.4, -0.2) is 22.2 Å². The normalized spacial score (nSPS) is 10.5. The Hall–Kier alpha value is -3.52. The number of nitrogens with one attached hydrogen (secondary N) is 2. The second-order valence-corrected chi connectivity index (χ2v) is 5.61. The zero-order valence-corrected chi connectivity index (χ0v) is 13.9. The molecule has 8 heteroatoms. The maximum atomic E-state index is 12.0. The van der Waals surface area contributed by atoms with Gasteiger partial charge in [0.05, 0.1) is 5.52 Å². The number of carbonyl (C=O) groups is 2. The Kier molecular flexibility index (Phi) is 5.04. The second-order valence-electron chi connectivity index (χ2n) is 5.61. The number of hydrogen-bond donors (Lipinski definition) is 4. The van der Waals surface area contributed by atoms with Crippen molar-refractivity contribution in [3.05, 3.63) is 42.5 Å². The zero-order valence-electron chi connectivity index (χ0n) is 13.9. The number of rotatable bonds is 6. The van der Waals surface area contributed by atoms with Crippen LogP contribution in [0, 0.1) is 0 Å². The van der Waals surface area contributed by atoms with Crippen molar-refractivity contribution >= 4 is 40.5 Å². The highest BCUT2D eigenvalue weighted by Gasteiger charge is 2.11. The van der Waals surface area contributed by atoms with Gasteiger partial charge in [-0.05, 0) is 23.8 Å². The van der Waals surface area contributed by atoms with Crippen molar-refractivity contribution < 1.29 is 9.59 Å². The van der Waals surface area contributed by atoms with Gasteiger partial charge in [0.2, 0.25) is 11.9 Å². The summed E-state index contributed by atoms with van der Waals surface area (Å²) in [6, 6.07) is 13.0. The van der Waals surface area contributed by atoms with Gasteiger partial charge in [-0.15, -0.1) is 0 Å². The van der Waals surface area contributed by atoms with Crippen LogP contribution in [0.25, 0.3) is 22.0 Å². The molecule has 2 aromatic carbocycles. The van der Waals surface area contributed by atoms with Gasteiger partial charge in [0.1, 0.15) is 6.29 Å². The lowest BCUT2D eigenvalue weighted by Gasteiger charge is -2.12. The van der Waals surface area contributed by atoms with Gasteiger partial charge in [-0.2, -0.15) is 4.98 Å². The van der Waals surface area contributed by atoms with Crippen molar-refractivity contribution in [1.82, 2.24) is 9.97 Å². The highest BCUT2D eigenvalue weighted by molar-refractivity contribution is 5.98. The number of aldehydes is 1. The predicted octanol–water partition coefficient (Wildman–Crippen LogP) is 2.08. The molecule has 3 aromatic rings. The summed E-state index contributed by atoms with van der Waals surface area (Å²) in [5.41, 5.74) is 11.2. The molecule has 6 N–H and O–H groups in total. The lowest BCUT2D eigenvalue weighted by atomic mass is 10.0. The Balaban J connectivity index is 2.02. The molecule has 3 rings (SSSR count). The van der Waals surface area contributed by atoms with Crippen molar-refractivity contribution in [2.24, 2.45) is 5.84 Å². The lowest BCUT2D eigenvalue weighted by Crippen LogP contribution is -2.12. The summed E-state index contributed by atoms with van der Waals surface area (Å²) < 4.78 is 0. The predicted molar refractivity (Wildman–Crippen MR) is 101 cm³/mol. The fourth-order valence-electron chi connectivity index (χ4n) is 2.67. The van der Waals surface area contributed by atoms with Crippen LogP contribution in [0.1, 0.15) is 12.8 Å². The smallest absolute Gasteiger partial charge is 0.224 e. The average molecular weight is 350 g/mol. The molecule has 0 aliphatic carbocycles. The van der Waals surface area contributed by atoms with Crippen molar-refractivity contribution in [1.29, 1.82) is 0 Å². The number of nitrogens with zero attached hydrogens (tertiary/aromatic N) is 2. The van der Waals surface area contributed by atoms with Gasteiger partial charge in [0.15, 0.2) is 5.82 Å². The molecule has 0 aliphatic heterocycles. The second kappa shape index (κ2) is 7.58. The zero-order chi connectivity index (χ0) is 18.5. The minimum atomic E-state index is -0.217. The Bertz CT molecular complexity index is 973. The van der Waals surface area contributed by atoms with Crippen molar-refractivity contribution in [3.8, 4) is 11.1 Å². The molecule has 0 saturated heterocycles. The van der Waals surface area contributed by atoms with E-state index in [4.69, 9.17) is 11.6 Å². The monoisotopic (exact) mass is 350 g/mol. The summed E-state index contributed by atoms with van der Waals surface area (Å²) in [5.74, 6) is 5.86. The Labute approximate surface area is 149 Å². The molecule has 0 atom stereocenters. The summed E-state index contributed by atoms with van der Waals surface area (Å²) in [6.45, 7) is 0. The van der Waals surface area contributed by atoms with E-state index in [1.807, 2.05) is 36.4 Å². The summed E-state index contributed by atoms with van der Waals surface area (Å²) in [6.07, 6.45) is 1.06. The number of nitrogens with two attached hydrogens (primary N) is 2. The molecule has 132 valence electrons. The van der Waals surface area contributed by atoms with Crippen LogP contribution in [0.5, 0.6) is 0 Å². The summed E-state index contributed by atoms with van der Waals surface area (Å²) >= 11 is 0. The van der Waals surface area contributed by atoms with E-state index < -0.39 is 0 Å². The number of para-hydroxylation sites is 1. The molecule has 0 radical (unpaired) electrons. The van der Waals surface area contributed by atoms with E-state index in [-0.39, 0.29) is 24.7 Å². The van der Waals surface area contributed by atoms with E-state index in [0.29, 0.717) is 22.4 Å². The van der Waals surface area contributed by atoms with Gasteiger partial charge in [-0.1, -0.05) is 24.3 Å². The number of hydrogen-bond acceptors (Lipinski definition) is 7. The number of fused-ring (bicyclic) bond motifs is 1. The lowest BCUT2D eigenvalue weighted by molar-refractivity contribution is -0.118. The van der Waals surface area contributed by atoms with Gasteiger partial charge in [0.25, 0.3) is 0 Å². The van der Waals surface area contributed by atoms with E-state index in [1.54, 1.807) is 6.07 Å². The molecule has 26 heavy (non-hydrogen) atoms. The SMILES string of the molecule is NNc1nc(N)nc2ccc(-c3ccccc3NC(=O)CCC=O)cc12. The molecule has 0 aliphatic rings. The first-order valence-electron chi connectivity index (χ1n) is 7.99.